The maximum Gasteiger partial charge on any atom is 0.248 e. The maximum atomic E-state index is 13.2. The van der Waals surface area contributed by atoms with Gasteiger partial charge in [-0.15, -0.1) is 0 Å². The van der Waals surface area contributed by atoms with E-state index in [1.54, 1.807) is 19.1 Å². The second kappa shape index (κ2) is 8.66. The molecule has 132 valence electrons. The van der Waals surface area contributed by atoms with Crippen LogP contribution in [-0.2, 0) is 16.0 Å². The summed E-state index contributed by atoms with van der Waals surface area (Å²) < 4.78 is 27.1. The summed E-state index contributed by atoms with van der Waals surface area (Å²) >= 11 is 3.24. The molecule has 0 saturated carbocycles. The molecule has 2 N–H and O–H groups in total. The van der Waals surface area contributed by atoms with Crippen molar-refractivity contribution in [2.45, 2.75) is 25.8 Å². The van der Waals surface area contributed by atoms with Gasteiger partial charge in [0.25, 0.3) is 0 Å². The fraction of sp³-hybridized carbons (Fsp3) is 0.235. The van der Waals surface area contributed by atoms with Crippen LogP contribution in [0.15, 0.2) is 41.0 Å². The van der Waals surface area contributed by atoms with Crippen molar-refractivity contribution < 1.29 is 18.4 Å². The fourth-order valence-corrected chi connectivity index (χ4v) is 2.39. The third-order valence-corrected chi connectivity index (χ3v) is 3.79. The van der Waals surface area contributed by atoms with Crippen LogP contribution >= 0.6 is 15.9 Å². The Morgan fingerprint density at radius 3 is 2.44 bits per heavy atom. The molecular weight excluding hydrogens is 396 g/mol. The first-order valence-electron chi connectivity index (χ1n) is 7.54. The molecule has 1 unspecified atom stereocenters. The molecule has 1 aromatic heterocycles. The Hall–Kier alpha value is -2.35. The third-order valence-electron chi connectivity index (χ3n) is 3.33. The molecule has 1 heterocycles. The highest BCUT2D eigenvalue weighted by atomic mass is 79.9. The van der Waals surface area contributed by atoms with Crippen molar-refractivity contribution in [3.63, 3.8) is 0 Å². The molecule has 0 radical (unpaired) electrons. The normalized spacial score (nSPS) is 11.7. The lowest BCUT2D eigenvalue weighted by atomic mass is 10.1. The number of hydrogen-bond acceptors (Lipinski definition) is 3. The number of pyridine rings is 1. The lowest BCUT2D eigenvalue weighted by Gasteiger charge is -2.16. The van der Waals surface area contributed by atoms with Gasteiger partial charge in [-0.2, -0.15) is 0 Å². The van der Waals surface area contributed by atoms with Crippen LogP contribution in [0.5, 0.6) is 0 Å². The zero-order valence-corrected chi connectivity index (χ0v) is 14.9. The predicted molar refractivity (Wildman–Crippen MR) is 92.9 cm³/mol. The van der Waals surface area contributed by atoms with E-state index in [0.29, 0.717) is 12.2 Å². The van der Waals surface area contributed by atoms with E-state index in [-0.39, 0.29) is 12.0 Å². The summed E-state index contributed by atoms with van der Waals surface area (Å²) in [4.78, 5) is 28.3. The van der Waals surface area contributed by atoms with Crippen molar-refractivity contribution in [3.8, 4) is 0 Å². The third kappa shape index (κ3) is 5.90. The molecular formula is C17H16BrF2N3O2. The summed E-state index contributed by atoms with van der Waals surface area (Å²) in [7, 11) is 0. The SMILES string of the molecule is CCC(NC(=O)Cc1cc(F)cc(F)c1)C(=O)Nc1ccc(Br)cn1. The van der Waals surface area contributed by atoms with Gasteiger partial charge in [0.15, 0.2) is 0 Å². The Labute approximate surface area is 152 Å². The van der Waals surface area contributed by atoms with Crippen molar-refractivity contribution in [1.29, 1.82) is 0 Å². The molecule has 2 aromatic rings. The van der Waals surface area contributed by atoms with Gasteiger partial charge >= 0.3 is 0 Å². The Morgan fingerprint density at radius 1 is 1.20 bits per heavy atom. The van der Waals surface area contributed by atoms with Crippen LogP contribution < -0.4 is 10.6 Å². The van der Waals surface area contributed by atoms with Crippen molar-refractivity contribution >= 4 is 33.6 Å². The van der Waals surface area contributed by atoms with Gasteiger partial charge in [0.05, 0.1) is 6.42 Å². The average Bonchev–Trinajstić information content (AvgIpc) is 2.53. The van der Waals surface area contributed by atoms with Crippen molar-refractivity contribution in [3.05, 3.63) is 58.2 Å². The highest BCUT2D eigenvalue weighted by molar-refractivity contribution is 9.10. The summed E-state index contributed by atoms with van der Waals surface area (Å²) in [6.45, 7) is 1.74. The molecule has 0 saturated heterocycles. The first-order valence-corrected chi connectivity index (χ1v) is 8.33. The molecule has 8 heteroatoms. The molecule has 5 nitrogen and oxygen atoms in total. The summed E-state index contributed by atoms with van der Waals surface area (Å²) in [5.41, 5.74) is 0.194. The molecule has 2 amide bonds. The van der Waals surface area contributed by atoms with E-state index in [1.165, 1.54) is 6.20 Å². The second-order valence-corrected chi connectivity index (χ2v) is 6.25. The van der Waals surface area contributed by atoms with E-state index in [2.05, 4.69) is 31.5 Å². The van der Waals surface area contributed by atoms with Gasteiger partial charge in [0, 0.05) is 16.7 Å². The minimum absolute atomic E-state index is 0.194. The molecule has 2 rings (SSSR count). The van der Waals surface area contributed by atoms with E-state index in [4.69, 9.17) is 0 Å². The minimum atomic E-state index is -0.781. The molecule has 0 bridgehead atoms. The Kier molecular flexibility index (Phi) is 6.58. The first kappa shape index (κ1) is 19.0. The molecule has 1 atom stereocenters. The van der Waals surface area contributed by atoms with Gasteiger partial charge < -0.3 is 10.6 Å². The van der Waals surface area contributed by atoms with Crippen molar-refractivity contribution in [2.24, 2.45) is 0 Å². The Balaban J connectivity index is 1.96. The topological polar surface area (TPSA) is 71.1 Å². The number of benzene rings is 1. The summed E-state index contributed by atoms with van der Waals surface area (Å²) in [5.74, 6) is -2.08. The van der Waals surface area contributed by atoms with Crippen LogP contribution in [0.25, 0.3) is 0 Å². The van der Waals surface area contributed by atoms with Crippen LogP contribution in [0.1, 0.15) is 18.9 Å². The van der Waals surface area contributed by atoms with E-state index in [1.807, 2.05) is 0 Å². The fourth-order valence-electron chi connectivity index (χ4n) is 2.16. The smallest absolute Gasteiger partial charge is 0.248 e. The number of carbonyl (C=O) groups is 2. The first-order chi connectivity index (χ1) is 11.9. The molecule has 0 aliphatic heterocycles. The molecule has 25 heavy (non-hydrogen) atoms. The van der Waals surface area contributed by atoms with Crippen LogP contribution in [0, 0.1) is 11.6 Å². The van der Waals surface area contributed by atoms with Gasteiger partial charge in [-0.25, -0.2) is 13.8 Å². The molecule has 0 aliphatic rings. The number of nitrogens with zero attached hydrogens (tertiary/aromatic N) is 1. The predicted octanol–water partition coefficient (Wildman–Crippen LogP) is 3.20. The van der Waals surface area contributed by atoms with Gasteiger partial charge in [-0.05, 0) is 52.2 Å². The average molecular weight is 412 g/mol. The lowest BCUT2D eigenvalue weighted by molar-refractivity contribution is -0.126. The number of hydrogen-bond donors (Lipinski definition) is 2. The number of aromatic nitrogens is 1. The number of carbonyl (C=O) groups excluding carboxylic acids is 2. The molecule has 0 spiro atoms. The highest BCUT2D eigenvalue weighted by Gasteiger charge is 2.19. The van der Waals surface area contributed by atoms with Crippen LogP contribution in [0.4, 0.5) is 14.6 Å². The van der Waals surface area contributed by atoms with Crippen LogP contribution in [0.3, 0.4) is 0 Å². The summed E-state index contributed by atoms with van der Waals surface area (Å²) in [5, 5.41) is 5.15. The highest BCUT2D eigenvalue weighted by Crippen LogP contribution is 2.11. The summed E-state index contributed by atoms with van der Waals surface area (Å²) in [6, 6.07) is 5.45. The van der Waals surface area contributed by atoms with Crippen molar-refractivity contribution in [2.75, 3.05) is 5.32 Å². The standard InChI is InChI=1S/C17H16BrF2N3O2/c1-2-14(17(25)23-15-4-3-11(18)9-21-15)22-16(24)7-10-5-12(19)8-13(20)6-10/h3-6,8-9,14H,2,7H2,1H3,(H,22,24)(H,21,23,25). The second-order valence-electron chi connectivity index (χ2n) is 5.33. The van der Waals surface area contributed by atoms with E-state index >= 15 is 0 Å². The van der Waals surface area contributed by atoms with Crippen LogP contribution in [-0.4, -0.2) is 22.8 Å². The van der Waals surface area contributed by atoms with Gasteiger partial charge in [0.1, 0.15) is 23.5 Å². The van der Waals surface area contributed by atoms with E-state index < -0.39 is 29.5 Å². The Bertz CT molecular complexity index is 749. The zero-order chi connectivity index (χ0) is 18.4. The quantitative estimate of drug-likeness (QED) is 0.766. The molecule has 1 aromatic carbocycles. The van der Waals surface area contributed by atoms with Gasteiger partial charge in [0.2, 0.25) is 11.8 Å². The maximum absolute atomic E-state index is 13.2. The number of halogens is 3. The number of amides is 2. The van der Waals surface area contributed by atoms with Crippen LogP contribution in [0.2, 0.25) is 0 Å². The number of rotatable bonds is 6. The van der Waals surface area contributed by atoms with Gasteiger partial charge in [-0.3, -0.25) is 9.59 Å². The number of nitrogens with one attached hydrogen (secondary N) is 2. The van der Waals surface area contributed by atoms with E-state index in [0.717, 1.165) is 22.7 Å². The largest absolute Gasteiger partial charge is 0.344 e. The lowest BCUT2D eigenvalue weighted by Crippen LogP contribution is -2.44. The molecule has 0 fully saturated rings. The van der Waals surface area contributed by atoms with Crippen molar-refractivity contribution in [1.82, 2.24) is 10.3 Å². The Morgan fingerprint density at radius 2 is 1.88 bits per heavy atom. The minimum Gasteiger partial charge on any atom is -0.344 e. The van der Waals surface area contributed by atoms with Gasteiger partial charge in [-0.1, -0.05) is 6.92 Å². The summed E-state index contributed by atoms with van der Waals surface area (Å²) in [6.07, 6.45) is 1.66. The van der Waals surface area contributed by atoms with E-state index in [9.17, 15) is 18.4 Å². The monoisotopic (exact) mass is 411 g/mol. The number of anilines is 1. The zero-order valence-electron chi connectivity index (χ0n) is 13.4. The molecule has 0 aliphatic carbocycles.